The van der Waals surface area contributed by atoms with Crippen LogP contribution in [-0.2, 0) is 4.74 Å². The molecule has 1 aliphatic rings. The lowest BCUT2D eigenvalue weighted by Crippen LogP contribution is -2.38. The summed E-state index contributed by atoms with van der Waals surface area (Å²) >= 11 is 0. The second-order valence-corrected chi connectivity index (χ2v) is 5.55. The second-order valence-electron chi connectivity index (χ2n) is 5.55. The zero-order valence-corrected chi connectivity index (χ0v) is 12.6. The van der Waals surface area contributed by atoms with Gasteiger partial charge in [0.1, 0.15) is 11.5 Å². The summed E-state index contributed by atoms with van der Waals surface area (Å²) in [4.78, 5) is 0. The van der Waals surface area contributed by atoms with E-state index in [1.807, 2.05) is 12.1 Å². The maximum atomic E-state index is 10.1. The van der Waals surface area contributed by atoms with Gasteiger partial charge in [0.05, 0.1) is 7.11 Å². The van der Waals surface area contributed by atoms with E-state index in [0.29, 0.717) is 17.7 Å². The van der Waals surface area contributed by atoms with Gasteiger partial charge in [-0.15, -0.1) is 0 Å². The Morgan fingerprint density at radius 2 is 2.00 bits per heavy atom. The van der Waals surface area contributed by atoms with Crippen LogP contribution in [0, 0.1) is 5.92 Å². The fourth-order valence-electron chi connectivity index (χ4n) is 2.85. The van der Waals surface area contributed by atoms with Crippen molar-refractivity contribution in [1.82, 2.24) is 5.32 Å². The van der Waals surface area contributed by atoms with E-state index >= 15 is 0 Å². The number of nitrogens with one attached hydrogen (secondary N) is 1. The maximum absolute atomic E-state index is 10.1. The third-order valence-electron chi connectivity index (χ3n) is 4.19. The first-order chi connectivity index (χ1) is 9.61. The third-order valence-corrected chi connectivity index (χ3v) is 4.19. The Kier molecular flexibility index (Phi) is 5.26. The van der Waals surface area contributed by atoms with Gasteiger partial charge in [-0.1, -0.05) is 6.07 Å². The minimum atomic E-state index is 0.110. The minimum absolute atomic E-state index is 0.110. The molecule has 1 heterocycles. The van der Waals surface area contributed by atoms with Gasteiger partial charge in [0.25, 0.3) is 0 Å². The average Bonchev–Trinajstić information content (AvgIpc) is 2.47. The monoisotopic (exact) mass is 279 g/mol. The molecule has 20 heavy (non-hydrogen) atoms. The molecule has 4 nitrogen and oxygen atoms in total. The lowest BCUT2D eigenvalue weighted by molar-refractivity contribution is 0.0546. The van der Waals surface area contributed by atoms with Crippen LogP contribution in [0.3, 0.4) is 0 Å². The van der Waals surface area contributed by atoms with Crippen molar-refractivity contribution in [3.05, 3.63) is 23.8 Å². The van der Waals surface area contributed by atoms with Crippen LogP contribution < -0.4 is 10.1 Å². The number of phenolic OH excluding ortho intramolecular Hbond substituents is 1. The fourth-order valence-corrected chi connectivity index (χ4v) is 2.85. The Hall–Kier alpha value is -1.26. The first kappa shape index (κ1) is 15.1. The molecule has 1 aromatic carbocycles. The van der Waals surface area contributed by atoms with E-state index in [2.05, 4.69) is 19.2 Å². The van der Waals surface area contributed by atoms with Crippen molar-refractivity contribution < 1.29 is 14.6 Å². The lowest BCUT2D eigenvalue weighted by Gasteiger charge is -2.31. The van der Waals surface area contributed by atoms with Crippen molar-refractivity contribution in [1.29, 1.82) is 0 Å². The van der Waals surface area contributed by atoms with Crippen LogP contribution in [0.2, 0.25) is 0 Å². The first-order valence-electron chi connectivity index (χ1n) is 7.32. The molecule has 2 N–H and O–H groups in total. The van der Waals surface area contributed by atoms with E-state index in [-0.39, 0.29) is 11.8 Å². The van der Waals surface area contributed by atoms with E-state index in [9.17, 15) is 5.11 Å². The van der Waals surface area contributed by atoms with Crippen LogP contribution in [-0.4, -0.2) is 31.5 Å². The Morgan fingerprint density at radius 3 is 2.60 bits per heavy atom. The van der Waals surface area contributed by atoms with E-state index in [1.54, 1.807) is 13.2 Å². The Balaban J connectivity index is 1.98. The zero-order valence-electron chi connectivity index (χ0n) is 12.6. The van der Waals surface area contributed by atoms with Crippen molar-refractivity contribution in [2.24, 2.45) is 5.92 Å². The van der Waals surface area contributed by atoms with Crippen molar-refractivity contribution in [2.75, 3.05) is 20.3 Å². The smallest absolute Gasteiger partial charge is 0.124 e. The molecule has 0 aromatic heterocycles. The lowest BCUT2D eigenvalue weighted by atomic mass is 9.92. The third kappa shape index (κ3) is 3.64. The van der Waals surface area contributed by atoms with Crippen LogP contribution in [0.4, 0.5) is 0 Å². The number of benzene rings is 1. The number of aromatic hydroxyl groups is 1. The highest BCUT2D eigenvalue weighted by molar-refractivity contribution is 5.41. The van der Waals surface area contributed by atoms with Gasteiger partial charge < -0.3 is 19.9 Å². The normalized spacial score (nSPS) is 19.6. The molecule has 112 valence electrons. The molecule has 2 atom stereocenters. The summed E-state index contributed by atoms with van der Waals surface area (Å²) in [6.07, 6.45) is 2.21. The summed E-state index contributed by atoms with van der Waals surface area (Å²) in [5.41, 5.74) is 0.907. The molecule has 2 rings (SSSR count). The number of hydrogen-bond acceptors (Lipinski definition) is 4. The molecule has 1 aromatic rings. The number of rotatable bonds is 5. The Morgan fingerprint density at radius 1 is 1.30 bits per heavy atom. The van der Waals surface area contributed by atoms with Gasteiger partial charge in [-0.05, 0) is 38.7 Å². The van der Waals surface area contributed by atoms with Gasteiger partial charge in [-0.3, -0.25) is 0 Å². The van der Waals surface area contributed by atoms with Gasteiger partial charge in [-0.25, -0.2) is 0 Å². The predicted octanol–water partition coefficient (Wildman–Crippen LogP) is 2.87. The molecule has 2 unspecified atom stereocenters. The minimum Gasteiger partial charge on any atom is -0.507 e. The van der Waals surface area contributed by atoms with Gasteiger partial charge in [0, 0.05) is 36.9 Å². The molecule has 1 fully saturated rings. The fraction of sp³-hybridized carbons (Fsp3) is 0.625. The van der Waals surface area contributed by atoms with Gasteiger partial charge >= 0.3 is 0 Å². The van der Waals surface area contributed by atoms with Crippen LogP contribution in [0.15, 0.2) is 18.2 Å². The van der Waals surface area contributed by atoms with Crippen LogP contribution in [0.25, 0.3) is 0 Å². The largest absolute Gasteiger partial charge is 0.507 e. The quantitative estimate of drug-likeness (QED) is 0.870. The SMILES string of the molecule is COc1ccc(C(C)NC(C)C2CCOCC2)c(O)c1. The topological polar surface area (TPSA) is 50.7 Å². The molecule has 0 bridgehead atoms. The van der Waals surface area contributed by atoms with Crippen molar-refractivity contribution >= 4 is 0 Å². The number of phenols is 1. The molecule has 4 heteroatoms. The molecule has 0 saturated carbocycles. The standard InChI is InChI=1S/C16H25NO3/c1-11(13-6-8-20-9-7-13)17-12(2)15-5-4-14(19-3)10-16(15)18/h4-5,10-13,17-18H,6-9H2,1-3H3. The highest BCUT2D eigenvalue weighted by Gasteiger charge is 2.22. The molecular formula is C16H25NO3. The zero-order chi connectivity index (χ0) is 14.5. The maximum Gasteiger partial charge on any atom is 0.124 e. The number of hydrogen-bond donors (Lipinski definition) is 2. The summed E-state index contributed by atoms with van der Waals surface area (Å²) in [5.74, 6) is 1.60. The van der Waals surface area contributed by atoms with Crippen molar-refractivity contribution in [3.63, 3.8) is 0 Å². The number of ether oxygens (including phenoxy) is 2. The molecular weight excluding hydrogens is 254 g/mol. The van der Waals surface area contributed by atoms with E-state index in [1.165, 1.54) is 0 Å². The van der Waals surface area contributed by atoms with Crippen LogP contribution in [0.5, 0.6) is 11.5 Å². The van der Waals surface area contributed by atoms with Crippen LogP contribution in [0.1, 0.15) is 38.3 Å². The summed E-state index contributed by atoms with van der Waals surface area (Å²) in [7, 11) is 1.60. The van der Waals surface area contributed by atoms with Gasteiger partial charge in [0.15, 0.2) is 0 Å². The molecule has 0 spiro atoms. The number of methoxy groups -OCH3 is 1. The van der Waals surface area contributed by atoms with E-state index < -0.39 is 0 Å². The summed E-state index contributed by atoms with van der Waals surface area (Å²) < 4.78 is 10.5. The highest BCUT2D eigenvalue weighted by atomic mass is 16.5. The molecule has 0 radical (unpaired) electrons. The van der Waals surface area contributed by atoms with E-state index in [0.717, 1.165) is 31.6 Å². The van der Waals surface area contributed by atoms with Gasteiger partial charge in [0.2, 0.25) is 0 Å². The van der Waals surface area contributed by atoms with Crippen molar-refractivity contribution in [2.45, 2.75) is 38.8 Å². The highest BCUT2D eigenvalue weighted by Crippen LogP contribution is 2.29. The molecule has 0 aliphatic carbocycles. The molecule has 0 amide bonds. The first-order valence-corrected chi connectivity index (χ1v) is 7.32. The Bertz CT molecular complexity index is 430. The average molecular weight is 279 g/mol. The second kappa shape index (κ2) is 6.95. The molecule has 1 aliphatic heterocycles. The summed E-state index contributed by atoms with van der Waals surface area (Å²) in [5, 5.41) is 13.7. The van der Waals surface area contributed by atoms with Crippen molar-refractivity contribution in [3.8, 4) is 11.5 Å². The summed E-state index contributed by atoms with van der Waals surface area (Å²) in [6, 6.07) is 5.98. The molecule has 1 saturated heterocycles. The van der Waals surface area contributed by atoms with E-state index in [4.69, 9.17) is 9.47 Å². The summed E-state index contributed by atoms with van der Waals surface area (Å²) in [6.45, 7) is 6.02. The van der Waals surface area contributed by atoms with Gasteiger partial charge in [-0.2, -0.15) is 0 Å². The predicted molar refractivity (Wildman–Crippen MR) is 79.2 cm³/mol. The Labute approximate surface area is 121 Å². The van der Waals surface area contributed by atoms with Crippen LogP contribution >= 0.6 is 0 Å².